The van der Waals surface area contributed by atoms with E-state index in [1.54, 1.807) is 11.8 Å². The van der Waals surface area contributed by atoms with Crippen LogP contribution >= 0.6 is 11.8 Å². The summed E-state index contributed by atoms with van der Waals surface area (Å²) in [5.41, 5.74) is 5.71. The fourth-order valence-corrected chi connectivity index (χ4v) is 3.79. The van der Waals surface area contributed by atoms with Gasteiger partial charge in [0.15, 0.2) is 0 Å². The molecule has 3 aromatic rings. The summed E-state index contributed by atoms with van der Waals surface area (Å²) in [5, 5.41) is 8.69. The van der Waals surface area contributed by atoms with Crippen LogP contribution in [-0.4, -0.2) is 31.5 Å². The van der Waals surface area contributed by atoms with Crippen molar-refractivity contribution >= 4 is 21.6 Å². The summed E-state index contributed by atoms with van der Waals surface area (Å²) < 4.78 is 10.8. The highest BCUT2D eigenvalue weighted by Crippen LogP contribution is 2.37. The van der Waals surface area contributed by atoms with Crippen LogP contribution in [0.2, 0.25) is 0 Å². The van der Waals surface area contributed by atoms with Gasteiger partial charge in [0, 0.05) is 9.81 Å². The zero-order valence-corrected chi connectivity index (χ0v) is 18.7. The number of ether oxygens (including phenoxy) is 2. The predicted octanol–water partition coefficient (Wildman–Crippen LogP) is 6.42. The molecule has 4 heteroatoms. The Bertz CT molecular complexity index is 990. The largest absolute Gasteiger partial charge is 0.491 e. The molecule has 0 aliphatic rings. The lowest BCUT2D eigenvalue weighted by Crippen LogP contribution is -2.08. The molecule has 0 amide bonds. The number of thioether (sulfide) groups is 1. The lowest BCUT2D eigenvalue weighted by molar-refractivity contribution is 0.0705. The second kappa shape index (κ2) is 11.6. The summed E-state index contributed by atoms with van der Waals surface area (Å²) in [6.07, 6.45) is 0. The first-order chi connectivity index (χ1) is 15.1. The van der Waals surface area contributed by atoms with E-state index in [1.165, 1.54) is 5.56 Å². The summed E-state index contributed by atoms with van der Waals surface area (Å²) >= 11 is 1.60. The molecule has 0 unspecified atom stereocenters. The number of rotatable bonds is 11. The van der Waals surface area contributed by atoms with E-state index < -0.39 is 0 Å². The first-order valence-corrected chi connectivity index (χ1v) is 11.0. The van der Waals surface area contributed by atoms with Crippen LogP contribution in [0.3, 0.4) is 0 Å². The fraction of sp³-hybridized carbons (Fsp3) is 0.185. The molecule has 3 aromatic carbocycles. The van der Waals surface area contributed by atoms with E-state index in [0.29, 0.717) is 19.8 Å². The molecule has 0 saturated heterocycles. The molecule has 0 bridgehead atoms. The van der Waals surface area contributed by atoms with E-state index in [-0.39, 0.29) is 6.61 Å². The van der Waals surface area contributed by atoms with Crippen LogP contribution in [0.4, 0.5) is 0 Å². The molecule has 0 saturated carbocycles. The van der Waals surface area contributed by atoms with Gasteiger partial charge in [-0.2, -0.15) is 0 Å². The average molecular weight is 433 g/mol. The predicted molar refractivity (Wildman–Crippen MR) is 132 cm³/mol. The van der Waals surface area contributed by atoms with Crippen LogP contribution in [-0.2, 0) is 4.74 Å². The molecule has 0 aromatic heterocycles. The topological polar surface area (TPSA) is 38.7 Å². The highest BCUT2D eigenvalue weighted by Gasteiger charge is 2.06. The van der Waals surface area contributed by atoms with Gasteiger partial charge in [-0.1, -0.05) is 91.1 Å². The van der Waals surface area contributed by atoms with Gasteiger partial charge in [-0.25, -0.2) is 0 Å². The molecular formula is C27H28O3S. The van der Waals surface area contributed by atoms with Crippen LogP contribution < -0.4 is 4.74 Å². The molecule has 3 nitrogen and oxygen atoms in total. The van der Waals surface area contributed by atoms with Crippen LogP contribution in [0.1, 0.15) is 16.7 Å². The maximum Gasteiger partial charge on any atom is 0.119 e. The Morgan fingerprint density at radius 3 is 1.81 bits per heavy atom. The van der Waals surface area contributed by atoms with Gasteiger partial charge in [0.2, 0.25) is 0 Å². The minimum atomic E-state index is 0.0288. The molecule has 1 N–H and O–H groups in total. The Kier molecular flexibility index (Phi) is 8.53. The van der Waals surface area contributed by atoms with Crippen molar-refractivity contribution in [2.75, 3.05) is 26.4 Å². The quantitative estimate of drug-likeness (QED) is 0.355. The smallest absolute Gasteiger partial charge is 0.119 e. The fourth-order valence-electron chi connectivity index (χ4n) is 2.98. The molecule has 0 fully saturated rings. The number of aryl methyl sites for hydroxylation is 1. The van der Waals surface area contributed by atoms with Crippen molar-refractivity contribution in [1.29, 1.82) is 0 Å². The van der Waals surface area contributed by atoms with Gasteiger partial charge in [-0.15, -0.1) is 0 Å². The van der Waals surface area contributed by atoms with Crippen molar-refractivity contribution in [3.63, 3.8) is 0 Å². The molecule has 0 aliphatic heterocycles. The maximum absolute atomic E-state index is 8.69. The third-order valence-electron chi connectivity index (χ3n) is 4.75. The molecule has 3 rings (SSSR count). The van der Waals surface area contributed by atoms with Crippen molar-refractivity contribution in [3.05, 3.63) is 103 Å². The van der Waals surface area contributed by atoms with Gasteiger partial charge in [0.05, 0.1) is 19.8 Å². The van der Waals surface area contributed by atoms with E-state index >= 15 is 0 Å². The summed E-state index contributed by atoms with van der Waals surface area (Å²) in [6.45, 7) is 11.8. The van der Waals surface area contributed by atoms with Gasteiger partial charge in [0.1, 0.15) is 12.4 Å². The zero-order valence-electron chi connectivity index (χ0n) is 17.8. The van der Waals surface area contributed by atoms with Crippen molar-refractivity contribution in [1.82, 2.24) is 0 Å². The number of aliphatic hydroxyl groups excluding tert-OH is 1. The standard InChI is InChI=1S/C27H28O3S/c1-20-4-6-23(7-5-20)21(2)31-22(3)24-8-10-25(11-9-24)26-12-14-27(15-13-26)30-19-18-29-17-16-28/h4-15,28H,2-3,16-19H2,1H3. The molecule has 0 spiro atoms. The summed E-state index contributed by atoms with van der Waals surface area (Å²) in [4.78, 5) is 1.97. The number of aliphatic hydroxyl groups is 1. The van der Waals surface area contributed by atoms with Crippen molar-refractivity contribution < 1.29 is 14.6 Å². The molecule has 0 radical (unpaired) electrons. The molecular weight excluding hydrogens is 404 g/mol. The Hall–Kier alpha value is -2.79. The summed E-state index contributed by atoms with van der Waals surface area (Å²) in [7, 11) is 0. The van der Waals surface area contributed by atoms with E-state index in [4.69, 9.17) is 14.6 Å². The Balaban J connectivity index is 1.56. The number of hydrogen-bond donors (Lipinski definition) is 1. The van der Waals surface area contributed by atoms with E-state index in [0.717, 1.165) is 37.8 Å². The minimum absolute atomic E-state index is 0.0288. The second-order valence-corrected chi connectivity index (χ2v) is 8.29. The minimum Gasteiger partial charge on any atom is -0.491 e. The Morgan fingerprint density at radius 1 is 0.742 bits per heavy atom. The number of benzene rings is 3. The molecule has 0 aliphatic carbocycles. The van der Waals surface area contributed by atoms with Gasteiger partial charge in [0.25, 0.3) is 0 Å². The van der Waals surface area contributed by atoms with Crippen LogP contribution in [0.15, 0.2) is 86.0 Å². The Labute approximate surface area is 189 Å². The SMILES string of the molecule is C=C(SC(=C)c1ccc(-c2ccc(OCCOCCO)cc2)cc1)c1ccc(C)cc1. The van der Waals surface area contributed by atoms with E-state index in [2.05, 4.69) is 68.6 Å². The van der Waals surface area contributed by atoms with Crippen molar-refractivity contribution in [2.45, 2.75) is 6.92 Å². The Morgan fingerprint density at radius 2 is 1.26 bits per heavy atom. The van der Waals surface area contributed by atoms with E-state index in [1.807, 2.05) is 24.3 Å². The molecule has 0 atom stereocenters. The van der Waals surface area contributed by atoms with Crippen LogP contribution in [0, 0.1) is 6.92 Å². The first kappa shape index (κ1) is 22.9. The first-order valence-electron chi connectivity index (χ1n) is 10.2. The van der Waals surface area contributed by atoms with Crippen LogP contribution in [0.5, 0.6) is 5.75 Å². The normalized spacial score (nSPS) is 10.6. The maximum atomic E-state index is 8.69. The summed E-state index contributed by atoms with van der Waals surface area (Å²) in [6, 6.07) is 24.8. The van der Waals surface area contributed by atoms with Crippen molar-refractivity contribution in [2.24, 2.45) is 0 Å². The van der Waals surface area contributed by atoms with E-state index in [9.17, 15) is 0 Å². The van der Waals surface area contributed by atoms with Gasteiger partial charge >= 0.3 is 0 Å². The lowest BCUT2D eigenvalue weighted by atomic mass is 10.0. The highest BCUT2D eigenvalue weighted by atomic mass is 32.2. The third-order valence-corrected chi connectivity index (χ3v) is 5.71. The molecule has 160 valence electrons. The number of hydrogen-bond acceptors (Lipinski definition) is 4. The van der Waals surface area contributed by atoms with Crippen molar-refractivity contribution in [3.8, 4) is 16.9 Å². The average Bonchev–Trinajstić information content (AvgIpc) is 2.80. The molecule has 31 heavy (non-hydrogen) atoms. The lowest BCUT2D eigenvalue weighted by Gasteiger charge is -2.11. The molecule has 0 heterocycles. The zero-order chi connectivity index (χ0) is 22.1. The van der Waals surface area contributed by atoms with Gasteiger partial charge < -0.3 is 14.6 Å². The third kappa shape index (κ3) is 6.86. The monoisotopic (exact) mass is 432 g/mol. The highest BCUT2D eigenvalue weighted by molar-refractivity contribution is 8.16. The van der Waals surface area contributed by atoms with Gasteiger partial charge in [-0.05, 0) is 41.3 Å². The van der Waals surface area contributed by atoms with Crippen LogP contribution in [0.25, 0.3) is 20.9 Å². The van der Waals surface area contributed by atoms with Gasteiger partial charge in [-0.3, -0.25) is 0 Å². The second-order valence-electron chi connectivity index (χ2n) is 7.10. The summed E-state index contributed by atoms with van der Waals surface area (Å²) in [5.74, 6) is 0.798.